The van der Waals surface area contributed by atoms with Crippen LogP contribution in [-0.4, -0.2) is 41.3 Å². The lowest BCUT2D eigenvalue weighted by atomic mass is 10.0. The number of benzene rings is 1. The average Bonchev–Trinajstić information content (AvgIpc) is 3.02. The molecule has 0 spiro atoms. The second-order valence-electron chi connectivity index (χ2n) is 6.70. The van der Waals surface area contributed by atoms with Gasteiger partial charge in [-0.1, -0.05) is 24.3 Å². The molecule has 1 aliphatic rings. The fourth-order valence-electron chi connectivity index (χ4n) is 3.41. The van der Waals surface area contributed by atoms with Gasteiger partial charge in [-0.2, -0.15) is 0 Å². The molecule has 1 aliphatic heterocycles. The quantitative estimate of drug-likeness (QED) is 0.865. The number of likely N-dealkylation sites (tertiary alicyclic amines) is 1. The van der Waals surface area contributed by atoms with E-state index in [9.17, 15) is 4.79 Å². The molecule has 0 N–H and O–H groups in total. The van der Waals surface area contributed by atoms with Crippen molar-refractivity contribution in [1.29, 1.82) is 0 Å². The highest BCUT2D eigenvalue weighted by Gasteiger charge is 2.24. The van der Waals surface area contributed by atoms with E-state index < -0.39 is 0 Å². The average molecular weight is 323 g/mol. The molecular formula is C20H25N3O. The summed E-state index contributed by atoms with van der Waals surface area (Å²) < 4.78 is 0. The van der Waals surface area contributed by atoms with Gasteiger partial charge in [0.15, 0.2) is 0 Å². The number of hydrogen-bond acceptors (Lipinski definition) is 3. The summed E-state index contributed by atoms with van der Waals surface area (Å²) in [4.78, 5) is 21.2. The molecule has 4 heteroatoms. The van der Waals surface area contributed by atoms with Crippen LogP contribution in [0.25, 0.3) is 0 Å². The molecule has 126 valence electrons. The Kier molecular flexibility index (Phi) is 4.95. The van der Waals surface area contributed by atoms with E-state index in [0.717, 1.165) is 13.0 Å². The molecule has 1 saturated heterocycles. The maximum Gasteiger partial charge on any atom is 0.272 e. The lowest BCUT2D eigenvalue weighted by molar-refractivity contribution is 0.0779. The molecule has 0 saturated carbocycles. The Balaban J connectivity index is 1.76. The van der Waals surface area contributed by atoms with Gasteiger partial charge in [0.1, 0.15) is 5.69 Å². The summed E-state index contributed by atoms with van der Waals surface area (Å²) in [6.07, 6.45) is 4.11. The van der Waals surface area contributed by atoms with Gasteiger partial charge in [0, 0.05) is 25.8 Å². The molecule has 4 nitrogen and oxygen atoms in total. The SMILES string of the molecule is Cc1ccccc1CN(C)C(=O)c1cc([C@@H]2CCCN2C)ccn1. The Morgan fingerprint density at radius 1 is 1.33 bits per heavy atom. The predicted molar refractivity (Wildman–Crippen MR) is 95.8 cm³/mol. The molecule has 1 fully saturated rings. The van der Waals surface area contributed by atoms with Gasteiger partial charge >= 0.3 is 0 Å². The number of rotatable bonds is 4. The number of hydrogen-bond donors (Lipinski definition) is 0. The van der Waals surface area contributed by atoms with Gasteiger partial charge in [0.2, 0.25) is 0 Å². The fraction of sp³-hybridized carbons (Fsp3) is 0.400. The van der Waals surface area contributed by atoms with E-state index in [-0.39, 0.29) is 5.91 Å². The second-order valence-corrected chi connectivity index (χ2v) is 6.70. The molecule has 24 heavy (non-hydrogen) atoms. The van der Waals surface area contributed by atoms with Crippen LogP contribution >= 0.6 is 0 Å². The molecule has 1 amide bonds. The van der Waals surface area contributed by atoms with Crippen molar-refractivity contribution in [3.63, 3.8) is 0 Å². The molecule has 0 radical (unpaired) electrons. The van der Waals surface area contributed by atoms with Crippen molar-refractivity contribution < 1.29 is 4.79 Å². The zero-order chi connectivity index (χ0) is 17.1. The maximum atomic E-state index is 12.8. The number of aromatic nitrogens is 1. The van der Waals surface area contributed by atoms with Gasteiger partial charge in [0.25, 0.3) is 5.91 Å². The van der Waals surface area contributed by atoms with Crippen LogP contribution in [0.3, 0.4) is 0 Å². The molecular weight excluding hydrogens is 298 g/mol. The van der Waals surface area contributed by atoms with E-state index >= 15 is 0 Å². The highest BCUT2D eigenvalue weighted by molar-refractivity contribution is 5.92. The third-order valence-electron chi connectivity index (χ3n) is 4.92. The molecule has 3 rings (SSSR count). The summed E-state index contributed by atoms with van der Waals surface area (Å²) >= 11 is 0. The van der Waals surface area contributed by atoms with Crippen LogP contribution in [0.1, 0.15) is 46.1 Å². The van der Waals surface area contributed by atoms with Crippen molar-refractivity contribution in [2.24, 2.45) is 0 Å². The van der Waals surface area contributed by atoms with Crippen molar-refractivity contribution in [2.75, 3.05) is 20.6 Å². The highest BCUT2D eigenvalue weighted by atomic mass is 16.2. The smallest absolute Gasteiger partial charge is 0.272 e. The summed E-state index contributed by atoms with van der Waals surface area (Å²) in [6, 6.07) is 12.6. The van der Waals surface area contributed by atoms with Crippen LogP contribution in [0.5, 0.6) is 0 Å². The van der Waals surface area contributed by atoms with E-state index in [1.54, 1.807) is 11.1 Å². The van der Waals surface area contributed by atoms with Gasteiger partial charge in [-0.3, -0.25) is 14.7 Å². The number of pyridine rings is 1. The zero-order valence-corrected chi connectivity index (χ0v) is 14.7. The number of nitrogens with zero attached hydrogens (tertiary/aromatic N) is 3. The first-order valence-electron chi connectivity index (χ1n) is 8.52. The highest BCUT2D eigenvalue weighted by Crippen LogP contribution is 2.30. The Bertz CT molecular complexity index is 728. The van der Waals surface area contributed by atoms with Gasteiger partial charge in [0.05, 0.1) is 0 Å². The minimum atomic E-state index is -0.0271. The van der Waals surface area contributed by atoms with Crippen LogP contribution in [0.15, 0.2) is 42.6 Å². The fourth-order valence-corrected chi connectivity index (χ4v) is 3.41. The van der Waals surface area contributed by atoms with E-state index in [0.29, 0.717) is 18.3 Å². The van der Waals surface area contributed by atoms with Gasteiger partial charge in [-0.25, -0.2) is 0 Å². The van der Waals surface area contributed by atoms with Crippen molar-refractivity contribution >= 4 is 5.91 Å². The molecule has 0 unspecified atom stereocenters. The largest absolute Gasteiger partial charge is 0.336 e. The topological polar surface area (TPSA) is 36.4 Å². The normalized spacial score (nSPS) is 17.9. The Morgan fingerprint density at radius 2 is 2.12 bits per heavy atom. The lowest BCUT2D eigenvalue weighted by Crippen LogP contribution is -2.27. The third-order valence-corrected chi connectivity index (χ3v) is 4.92. The monoisotopic (exact) mass is 323 g/mol. The summed E-state index contributed by atoms with van der Waals surface area (Å²) in [5, 5.41) is 0. The van der Waals surface area contributed by atoms with Crippen LogP contribution in [-0.2, 0) is 6.54 Å². The van der Waals surface area contributed by atoms with E-state index in [1.807, 2.05) is 31.3 Å². The van der Waals surface area contributed by atoms with Crippen molar-refractivity contribution in [3.8, 4) is 0 Å². The second kappa shape index (κ2) is 7.14. The summed E-state index contributed by atoms with van der Waals surface area (Å²) in [7, 11) is 3.98. The van der Waals surface area contributed by atoms with Crippen LogP contribution in [0, 0.1) is 6.92 Å². The van der Waals surface area contributed by atoms with Crippen molar-refractivity contribution in [2.45, 2.75) is 32.4 Å². The summed E-state index contributed by atoms with van der Waals surface area (Å²) in [5.74, 6) is -0.0271. The van der Waals surface area contributed by atoms with Gasteiger partial charge < -0.3 is 4.90 Å². The minimum Gasteiger partial charge on any atom is -0.336 e. The number of carbonyl (C=O) groups is 1. The number of amides is 1. The van der Waals surface area contributed by atoms with Crippen LogP contribution < -0.4 is 0 Å². The molecule has 0 bridgehead atoms. The van der Waals surface area contributed by atoms with Gasteiger partial charge in [-0.05, 0) is 62.2 Å². The molecule has 0 aliphatic carbocycles. The summed E-state index contributed by atoms with van der Waals surface area (Å²) in [6.45, 7) is 3.78. The van der Waals surface area contributed by atoms with E-state index in [4.69, 9.17) is 0 Å². The van der Waals surface area contributed by atoms with Crippen LogP contribution in [0.4, 0.5) is 0 Å². The molecule has 1 atom stereocenters. The molecule has 2 heterocycles. The first kappa shape index (κ1) is 16.7. The maximum absolute atomic E-state index is 12.8. The van der Waals surface area contributed by atoms with Crippen LogP contribution in [0.2, 0.25) is 0 Å². The minimum absolute atomic E-state index is 0.0271. The Hall–Kier alpha value is -2.20. The standard InChI is InChI=1S/C20H25N3O/c1-15-7-4-5-8-17(15)14-23(3)20(24)18-13-16(10-11-21-18)19-9-6-12-22(19)2/h4-5,7-8,10-11,13,19H,6,9,12,14H2,1-3H3/t19-/m0/s1. The first-order valence-corrected chi connectivity index (χ1v) is 8.52. The Labute approximate surface area is 144 Å². The number of carbonyl (C=O) groups excluding carboxylic acids is 1. The van der Waals surface area contributed by atoms with E-state index in [2.05, 4.69) is 36.0 Å². The van der Waals surface area contributed by atoms with Gasteiger partial charge in [-0.15, -0.1) is 0 Å². The predicted octanol–water partition coefficient (Wildman–Crippen LogP) is 3.43. The van der Waals surface area contributed by atoms with E-state index in [1.165, 1.54) is 23.1 Å². The molecule has 2 aromatic rings. The summed E-state index contributed by atoms with van der Waals surface area (Å²) in [5.41, 5.74) is 4.09. The molecule has 1 aromatic heterocycles. The Morgan fingerprint density at radius 3 is 2.83 bits per heavy atom. The molecule has 1 aromatic carbocycles. The third kappa shape index (κ3) is 3.49. The van der Waals surface area contributed by atoms with Crippen molar-refractivity contribution in [3.05, 3.63) is 65.0 Å². The number of aryl methyl sites for hydroxylation is 1. The first-order chi connectivity index (χ1) is 11.6. The zero-order valence-electron chi connectivity index (χ0n) is 14.7. The lowest BCUT2D eigenvalue weighted by Gasteiger charge is -2.21. The van der Waals surface area contributed by atoms with Crippen molar-refractivity contribution in [1.82, 2.24) is 14.8 Å².